The minimum atomic E-state index is -0.326. The van der Waals surface area contributed by atoms with Gasteiger partial charge in [-0.05, 0) is 25.1 Å². The lowest BCUT2D eigenvalue weighted by Gasteiger charge is -2.07. The molecular weight excluding hydrogens is 281 g/mol. The molecule has 0 radical (unpaired) electrons. The molecule has 15 heavy (non-hydrogen) atoms. The first-order chi connectivity index (χ1) is 7.00. The van der Waals surface area contributed by atoms with Gasteiger partial charge in [0, 0.05) is 16.4 Å². The molecule has 1 aromatic carbocycles. The third-order valence-electron chi connectivity index (χ3n) is 1.75. The van der Waals surface area contributed by atoms with Crippen LogP contribution >= 0.6 is 27.5 Å². The molecule has 1 amide bonds. The number of benzene rings is 1. The van der Waals surface area contributed by atoms with E-state index in [9.17, 15) is 9.90 Å². The molecule has 0 aliphatic heterocycles. The smallest absolute Gasteiger partial charge is 0.255 e. The van der Waals surface area contributed by atoms with Crippen LogP contribution in [0.2, 0.25) is 0 Å². The molecule has 0 saturated carbocycles. The molecule has 1 unspecified atom stereocenters. The van der Waals surface area contributed by atoms with E-state index < -0.39 is 0 Å². The van der Waals surface area contributed by atoms with Gasteiger partial charge in [0.2, 0.25) is 0 Å². The minimum Gasteiger partial charge on any atom is -0.507 e. The van der Waals surface area contributed by atoms with Crippen LogP contribution in [0.5, 0.6) is 5.75 Å². The van der Waals surface area contributed by atoms with Crippen LogP contribution in [0, 0.1) is 0 Å². The number of phenolic OH excluding ortho intramolecular Hbond substituents is 1. The third-order valence-corrected chi connectivity index (χ3v) is 2.40. The second-order valence-corrected chi connectivity index (χ2v) is 4.81. The number of aromatic hydroxyl groups is 1. The lowest BCUT2D eigenvalue weighted by molar-refractivity contribution is 0.0951. The molecule has 1 atom stereocenters. The van der Waals surface area contributed by atoms with Crippen LogP contribution in [0.4, 0.5) is 0 Å². The van der Waals surface area contributed by atoms with E-state index in [0.717, 1.165) is 4.47 Å². The fourth-order valence-electron chi connectivity index (χ4n) is 1.03. The first-order valence-corrected chi connectivity index (χ1v) is 5.64. The number of carbonyl (C=O) groups excluding carboxylic acids is 1. The normalized spacial score (nSPS) is 12.2. The molecule has 2 N–H and O–H groups in total. The van der Waals surface area contributed by atoms with E-state index in [-0.39, 0.29) is 22.6 Å². The van der Waals surface area contributed by atoms with Crippen LogP contribution in [0.1, 0.15) is 17.3 Å². The highest BCUT2D eigenvalue weighted by Crippen LogP contribution is 2.21. The second kappa shape index (κ2) is 5.37. The third kappa shape index (κ3) is 3.72. The lowest BCUT2D eigenvalue weighted by atomic mass is 10.2. The van der Waals surface area contributed by atoms with E-state index in [1.165, 1.54) is 6.07 Å². The summed E-state index contributed by atoms with van der Waals surface area (Å²) in [7, 11) is 0. The van der Waals surface area contributed by atoms with Gasteiger partial charge in [0.15, 0.2) is 0 Å². The molecule has 1 aromatic rings. The van der Waals surface area contributed by atoms with Crippen molar-refractivity contribution >= 4 is 33.4 Å². The van der Waals surface area contributed by atoms with Crippen molar-refractivity contribution in [2.75, 3.05) is 6.54 Å². The Bertz CT molecular complexity index is 368. The Labute approximate surface area is 102 Å². The summed E-state index contributed by atoms with van der Waals surface area (Å²) >= 11 is 8.88. The van der Waals surface area contributed by atoms with Crippen molar-refractivity contribution in [3.05, 3.63) is 28.2 Å². The number of phenols is 1. The van der Waals surface area contributed by atoms with Gasteiger partial charge in [-0.15, -0.1) is 11.6 Å². The number of alkyl halides is 1. The zero-order valence-electron chi connectivity index (χ0n) is 8.13. The zero-order chi connectivity index (χ0) is 11.4. The molecule has 0 heterocycles. The summed E-state index contributed by atoms with van der Waals surface area (Å²) in [6.07, 6.45) is 0. The first kappa shape index (κ1) is 12.3. The number of halogens is 2. The van der Waals surface area contributed by atoms with Gasteiger partial charge < -0.3 is 10.4 Å². The quantitative estimate of drug-likeness (QED) is 0.841. The fourth-order valence-corrected chi connectivity index (χ4v) is 1.45. The van der Waals surface area contributed by atoms with Gasteiger partial charge in [0.25, 0.3) is 5.91 Å². The minimum absolute atomic E-state index is 0.0518. The topological polar surface area (TPSA) is 49.3 Å². The molecule has 0 spiro atoms. The first-order valence-electron chi connectivity index (χ1n) is 4.41. The Hall–Kier alpha value is -0.740. The molecule has 82 valence electrons. The Kier molecular flexibility index (Phi) is 4.42. The maximum absolute atomic E-state index is 11.5. The van der Waals surface area contributed by atoms with Gasteiger partial charge in [-0.25, -0.2) is 0 Å². The maximum atomic E-state index is 11.5. The van der Waals surface area contributed by atoms with Crippen molar-refractivity contribution in [1.82, 2.24) is 5.32 Å². The highest BCUT2D eigenvalue weighted by molar-refractivity contribution is 9.10. The van der Waals surface area contributed by atoms with Gasteiger partial charge in [-0.3, -0.25) is 4.79 Å². The van der Waals surface area contributed by atoms with Gasteiger partial charge in [0.05, 0.1) is 5.56 Å². The number of carbonyl (C=O) groups is 1. The van der Waals surface area contributed by atoms with Crippen LogP contribution in [-0.2, 0) is 0 Å². The summed E-state index contributed by atoms with van der Waals surface area (Å²) in [6.45, 7) is 2.15. The lowest BCUT2D eigenvalue weighted by Crippen LogP contribution is -2.28. The zero-order valence-corrected chi connectivity index (χ0v) is 10.5. The summed E-state index contributed by atoms with van der Waals surface area (Å²) in [5.41, 5.74) is 0.246. The van der Waals surface area contributed by atoms with Crippen molar-refractivity contribution in [2.45, 2.75) is 12.3 Å². The molecule has 1 rings (SSSR count). The van der Waals surface area contributed by atoms with Gasteiger partial charge >= 0.3 is 0 Å². The van der Waals surface area contributed by atoms with Crippen LogP contribution in [-0.4, -0.2) is 22.9 Å². The van der Waals surface area contributed by atoms with Gasteiger partial charge in [-0.2, -0.15) is 0 Å². The van der Waals surface area contributed by atoms with Crippen molar-refractivity contribution in [2.24, 2.45) is 0 Å². The van der Waals surface area contributed by atoms with E-state index >= 15 is 0 Å². The number of nitrogens with one attached hydrogen (secondary N) is 1. The van der Waals surface area contributed by atoms with Crippen LogP contribution in [0.15, 0.2) is 22.7 Å². The van der Waals surface area contributed by atoms with Crippen molar-refractivity contribution < 1.29 is 9.90 Å². The number of amides is 1. The Balaban J connectivity index is 2.74. The molecule has 0 bridgehead atoms. The molecule has 0 saturated heterocycles. The van der Waals surface area contributed by atoms with E-state index in [1.807, 2.05) is 0 Å². The number of hydrogen-bond acceptors (Lipinski definition) is 2. The molecule has 0 aliphatic rings. The summed E-state index contributed by atoms with van der Waals surface area (Å²) in [6, 6.07) is 4.71. The maximum Gasteiger partial charge on any atom is 0.255 e. The van der Waals surface area contributed by atoms with E-state index in [0.29, 0.717) is 6.54 Å². The average molecular weight is 293 g/mol. The molecule has 5 heteroatoms. The van der Waals surface area contributed by atoms with Crippen LogP contribution < -0.4 is 5.32 Å². The standard InChI is InChI=1S/C10H11BrClNO2/c1-6(12)5-13-10(15)8-3-2-7(11)4-9(8)14/h2-4,6,14H,5H2,1H3,(H,13,15). The number of rotatable bonds is 3. The van der Waals surface area contributed by atoms with Crippen molar-refractivity contribution in [3.63, 3.8) is 0 Å². The van der Waals surface area contributed by atoms with E-state index in [1.54, 1.807) is 19.1 Å². The Morgan fingerprint density at radius 3 is 2.87 bits per heavy atom. The Morgan fingerprint density at radius 2 is 2.33 bits per heavy atom. The molecule has 0 aliphatic carbocycles. The predicted molar refractivity (Wildman–Crippen MR) is 63.5 cm³/mol. The second-order valence-electron chi connectivity index (χ2n) is 3.15. The van der Waals surface area contributed by atoms with Crippen molar-refractivity contribution in [3.8, 4) is 5.75 Å². The monoisotopic (exact) mass is 291 g/mol. The summed E-state index contributed by atoms with van der Waals surface area (Å²) in [5.74, 6) is -0.378. The van der Waals surface area contributed by atoms with Gasteiger partial charge in [-0.1, -0.05) is 15.9 Å². The number of hydrogen-bond donors (Lipinski definition) is 2. The fraction of sp³-hybridized carbons (Fsp3) is 0.300. The summed E-state index contributed by atoms with van der Waals surface area (Å²) in [5, 5.41) is 12.0. The SMILES string of the molecule is CC(Cl)CNC(=O)c1ccc(Br)cc1O. The Morgan fingerprint density at radius 1 is 1.67 bits per heavy atom. The predicted octanol–water partition coefficient (Wildman–Crippen LogP) is 2.51. The summed E-state index contributed by atoms with van der Waals surface area (Å²) < 4.78 is 0.724. The molecule has 0 fully saturated rings. The highest BCUT2D eigenvalue weighted by Gasteiger charge is 2.11. The highest BCUT2D eigenvalue weighted by atomic mass is 79.9. The summed E-state index contributed by atoms with van der Waals surface area (Å²) in [4.78, 5) is 11.5. The van der Waals surface area contributed by atoms with E-state index in [4.69, 9.17) is 11.6 Å². The molecular formula is C10H11BrClNO2. The van der Waals surface area contributed by atoms with Crippen LogP contribution in [0.25, 0.3) is 0 Å². The molecule has 0 aromatic heterocycles. The van der Waals surface area contributed by atoms with Crippen molar-refractivity contribution in [1.29, 1.82) is 0 Å². The van der Waals surface area contributed by atoms with E-state index in [2.05, 4.69) is 21.2 Å². The largest absolute Gasteiger partial charge is 0.507 e. The van der Waals surface area contributed by atoms with Gasteiger partial charge in [0.1, 0.15) is 5.75 Å². The van der Waals surface area contributed by atoms with Crippen LogP contribution in [0.3, 0.4) is 0 Å². The average Bonchev–Trinajstić information content (AvgIpc) is 2.14. The molecule has 3 nitrogen and oxygen atoms in total.